The average Bonchev–Trinajstić information content (AvgIpc) is 3.18. The molecule has 0 saturated carbocycles. The molecule has 1 aliphatic heterocycles. The van der Waals surface area contributed by atoms with Gasteiger partial charge < -0.3 is 40.6 Å². The predicted molar refractivity (Wildman–Crippen MR) is 205 cm³/mol. The molecule has 14 nitrogen and oxygen atoms in total. The SMILES string of the molecule is Cc1ccc(O)cc1Nc1ccnc(Nc2cccc(C(=O)NCCNC(=O)c3c(O)ccc4c(OC(=O)c5ccccc5)c5ccc(=O)cc-5oc34)c2)n1. The highest BCUT2D eigenvalue weighted by Gasteiger charge is 2.26. The number of hydrogen-bond acceptors (Lipinski definition) is 12. The summed E-state index contributed by atoms with van der Waals surface area (Å²) in [5, 5.41) is 32.5. The number of ether oxygens (including phenoxy) is 1. The van der Waals surface area contributed by atoms with Crippen molar-refractivity contribution in [1.29, 1.82) is 0 Å². The van der Waals surface area contributed by atoms with Crippen LogP contribution in [0.5, 0.6) is 17.2 Å². The van der Waals surface area contributed by atoms with Crippen LogP contribution in [0.2, 0.25) is 0 Å². The van der Waals surface area contributed by atoms with Crippen molar-refractivity contribution in [2.75, 3.05) is 23.7 Å². The van der Waals surface area contributed by atoms with E-state index in [2.05, 4.69) is 31.2 Å². The van der Waals surface area contributed by atoms with Crippen molar-refractivity contribution in [2.24, 2.45) is 0 Å². The van der Waals surface area contributed by atoms with Crippen molar-refractivity contribution in [1.82, 2.24) is 20.6 Å². The van der Waals surface area contributed by atoms with Gasteiger partial charge in [0.1, 0.15) is 28.6 Å². The first-order valence-electron chi connectivity index (χ1n) is 17.0. The molecular weight excluding hydrogens is 704 g/mol. The van der Waals surface area contributed by atoms with E-state index in [0.29, 0.717) is 28.3 Å². The number of aromatic nitrogens is 2. The monoisotopic (exact) mass is 736 g/mol. The molecule has 14 heteroatoms. The second-order valence-electron chi connectivity index (χ2n) is 12.3. The molecule has 2 amide bonds. The number of esters is 1. The molecule has 2 aliphatic rings. The van der Waals surface area contributed by atoms with Gasteiger partial charge in [0, 0.05) is 48.4 Å². The Kier molecular flexibility index (Phi) is 10.0. The zero-order chi connectivity index (χ0) is 38.5. The van der Waals surface area contributed by atoms with E-state index >= 15 is 0 Å². The Morgan fingerprint density at radius 3 is 2.38 bits per heavy atom. The van der Waals surface area contributed by atoms with E-state index in [4.69, 9.17) is 9.15 Å². The van der Waals surface area contributed by atoms with Crippen LogP contribution in [-0.4, -0.2) is 51.1 Å². The quantitative estimate of drug-likeness (QED) is 0.0494. The van der Waals surface area contributed by atoms with Crippen molar-refractivity contribution in [3.8, 4) is 28.6 Å². The van der Waals surface area contributed by atoms with Crippen LogP contribution >= 0.6 is 0 Å². The summed E-state index contributed by atoms with van der Waals surface area (Å²) < 4.78 is 11.8. The zero-order valence-electron chi connectivity index (χ0n) is 29.1. The van der Waals surface area contributed by atoms with E-state index < -0.39 is 23.5 Å². The summed E-state index contributed by atoms with van der Waals surface area (Å²) >= 11 is 0. The Labute approximate surface area is 312 Å². The third kappa shape index (κ3) is 8.03. The molecule has 0 bridgehead atoms. The maximum atomic E-state index is 13.5. The van der Waals surface area contributed by atoms with Crippen LogP contribution in [-0.2, 0) is 0 Å². The predicted octanol–water partition coefficient (Wildman–Crippen LogP) is 6.27. The largest absolute Gasteiger partial charge is 0.508 e. The number of hydrogen-bond donors (Lipinski definition) is 6. The lowest BCUT2D eigenvalue weighted by molar-refractivity contribution is 0.0737. The molecule has 4 aromatic carbocycles. The highest BCUT2D eigenvalue weighted by Crippen LogP contribution is 2.42. The standard InChI is InChI=1S/C41H32N6O8/c1-23-10-11-27(48)21-31(23)46-34-16-17-44-41(47-34)45-26-9-5-8-25(20-26)38(51)42-18-19-43-39(52)35-32(50)15-14-30-36(55-40(53)24-6-3-2-4-7-24)29-13-12-28(49)22-33(29)54-37(30)35/h2-17,20-22,48,50H,18-19H2,1H3,(H,42,51)(H,43,52)(H2,44,45,46,47). The maximum Gasteiger partial charge on any atom is 0.343 e. The highest BCUT2D eigenvalue weighted by atomic mass is 16.5. The fourth-order valence-electron chi connectivity index (χ4n) is 5.72. The molecule has 1 aliphatic carbocycles. The second-order valence-corrected chi connectivity index (χ2v) is 12.3. The minimum Gasteiger partial charge on any atom is -0.508 e. The smallest absolute Gasteiger partial charge is 0.343 e. The van der Waals surface area contributed by atoms with Crippen LogP contribution in [0.3, 0.4) is 0 Å². The fourth-order valence-corrected chi connectivity index (χ4v) is 5.72. The van der Waals surface area contributed by atoms with E-state index in [0.717, 1.165) is 5.56 Å². The molecule has 2 heterocycles. The number of phenolic OH excluding ortho intramolecular Hbond substituents is 2. The number of nitrogens with zero attached hydrogens (tertiary/aromatic N) is 2. The lowest BCUT2D eigenvalue weighted by atomic mass is 10.0. The van der Waals surface area contributed by atoms with Crippen LogP contribution in [0, 0.1) is 6.92 Å². The average molecular weight is 737 g/mol. The lowest BCUT2D eigenvalue weighted by Gasteiger charge is -2.17. The molecule has 0 fully saturated rings. The van der Waals surface area contributed by atoms with Crippen molar-refractivity contribution in [3.05, 3.63) is 148 Å². The van der Waals surface area contributed by atoms with Gasteiger partial charge in [-0.3, -0.25) is 14.4 Å². The van der Waals surface area contributed by atoms with Gasteiger partial charge in [-0.05, 0) is 79.2 Å². The maximum absolute atomic E-state index is 13.5. The van der Waals surface area contributed by atoms with Gasteiger partial charge in [-0.25, -0.2) is 9.78 Å². The van der Waals surface area contributed by atoms with Crippen molar-refractivity contribution in [2.45, 2.75) is 6.92 Å². The summed E-state index contributed by atoms with van der Waals surface area (Å²) in [6.45, 7) is 1.90. The van der Waals surface area contributed by atoms with Crippen LogP contribution < -0.4 is 31.4 Å². The second kappa shape index (κ2) is 15.5. The van der Waals surface area contributed by atoms with E-state index in [1.165, 1.54) is 30.3 Å². The minimum atomic E-state index is -0.735. The van der Waals surface area contributed by atoms with Gasteiger partial charge in [0.2, 0.25) is 5.95 Å². The fraction of sp³-hybridized carbons (Fsp3) is 0.0732. The minimum absolute atomic E-state index is 0.0264. The molecule has 55 heavy (non-hydrogen) atoms. The number of carbonyl (C=O) groups is 3. The van der Waals surface area contributed by atoms with Gasteiger partial charge in [0.15, 0.2) is 16.8 Å². The molecule has 0 radical (unpaired) electrons. The van der Waals surface area contributed by atoms with Crippen molar-refractivity contribution >= 4 is 51.9 Å². The zero-order valence-corrected chi connectivity index (χ0v) is 29.1. The van der Waals surface area contributed by atoms with Crippen LogP contribution in [0.4, 0.5) is 23.1 Å². The number of amides is 2. The Morgan fingerprint density at radius 2 is 1.56 bits per heavy atom. The highest BCUT2D eigenvalue weighted by molar-refractivity contribution is 6.10. The van der Waals surface area contributed by atoms with E-state index in [-0.39, 0.29) is 63.8 Å². The normalized spacial score (nSPS) is 10.9. The van der Waals surface area contributed by atoms with E-state index in [1.807, 2.05) is 6.92 Å². The van der Waals surface area contributed by atoms with Crippen molar-refractivity contribution in [3.63, 3.8) is 0 Å². The first-order chi connectivity index (χ1) is 26.6. The number of rotatable bonds is 11. The van der Waals surface area contributed by atoms with Gasteiger partial charge >= 0.3 is 5.97 Å². The first-order valence-corrected chi connectivity index (χ1v) is 17.0. The van der Waals surface area contributed by atoms with Gasteiger partial charge in [-0.2, -0.15) is 4.98 Å². The number of nitrogens with one attached hydrogen (secondary N) is 4. The van der Waals surface area contributed by atoms with Gasteiger partial charge in [-0.1, -0.05) is 30.3 Å². The molecule has 0 saturated heterocycles. The first kappa shape index (κ1) is 35.7. The lowest BCUT2D eigenvalue weighted by Crippen LogP contribution is -2.34. The Bertz CT molecular complexity index is 2610. The number of benzene rings is 5. The van der Waals surface area contributed by atoms with Gasteiger partial charge in [0.25, 0.3) is 11.8 Å². The molecule has 0 spiro atoms. The molecule has 0 unspecified atom stereocenters. The summed E-state index contributed by atoms with van der Waals surface area (Å²) in [7, 11) is 0. The number of aryl methyl sites for hydroxylation is 1. The molecule has 6 N–H and O–H groups in total. The molecule has 0 atom stereocenters. The molecule has 5 aromatic rings. The van der Waals surface area contributed by atoms with Crippen LogP contribution in [0.1, 0.15) is 36.6 Å². The number of carbonyl (C=O) groups excluding carboxylic acids is 3. The third-order valence-corrected chi connectivity index (χ3v) is 8.44. The Morgan fingerprint density at radius 1 is 0.782 bits per heavy atom. The molecule has 1 aromatic heterocycles. The molecule has 7 rings (SSSR count). The molecular formula is C41H32N6O8. The summed E-state index contributed by atoms with van der Waals surface area (Å²) in [6.07, 6.45) is 1.57. The van der Waals surface area contributed by atoms with E-state index in [1.54, 1.807) is 85.1 Å². The van der Waals surface area contributed by atoms with Gasteiger partial charge in [-0.15, -0.1) is 0 Å². The summed E-state index contributed by atoms with van der Waals surface area (Å²) in [5.41, 5.74) is 2.33. The summed E-state index contributed by atoms with van der Waals surface area (Å²) in [5.74, 6) is -1.28. The Balaban J connectivity index is 1.02. The third-order valence-electron chi connectivity index (χ3n) is 8.44. The van der Waals surface area contributed by atoms with Gasteiger partial charge in [0.05, 0.1) is 16.5 Å². The Hall–Kier alpha value is -7.74. The number of anilines is 4. The van der Waals surface area contributed by atoms with E-state index in [9.17, 15) is 29.4 Å². The topological polar surface area (TPSA) is 205 Å². The van der Waals surface area contributed by atoms with Crippen LogP contribution in [0.25, 0.3) is 22.3 Å². The number of fused-ring (bicyclic) bond motifs is 2. The number of phenols is 2. The molecule has 274 valence electrons. The summed E-state index contributed by atoms with van der Waals surface area (Å²) in [6, 6.07) is 28.3. The van der Waals surface area contributed by atoms with Crippen LogP contribution in [0.15, 0.2) is 125 Å². The van der Waals surface area contributed by atoms with Crippen molar-refractivity contribution < 1.29 is 33.8 Å². The summed E-state index contributed by atoms with van der Waals surface area (Å²) in [4.78, 5) is 60.6. The number of aromatic hydroxyl groups is 2.